The molecule has 1 spiro atoms. The molecule has 3 aliphatic heterocycles. The fourth-order valence-electron chi connectivity index (χ4n) is 6.37. The summed E-state index contributed by atoms with van der Waals surface area (Å²) in [5.74, 6) is -9.45. The maximum absolute atomic E-state index is 14.8. The van der Waals surface area contributed by atoms with Crippen LogP contribution in [0.15, 0.2) is 42.6 Å². The van der Waals surface area contributed by atoms with Crippen LogP contribution >= 0.6 is 23.2 Å². The first kappa shape index (κ1) is 24.1. The molecule has 4 heterocycles. The fraction of sp³-hybridized carbons (Fsp3) is 0.320. The molecular formula is C25H20Cl2F2N4O4. The Hall–Kier alpha value is -3.21. The highest BCUT2D eigenvalue weighted by molar-refractivity contribution is 6.38. The molecule has 1 aromatic heterocycles. The molecule has 0 radical (unpaired) electrons. The molecule has 3 aliphatic rings. The predicted molar refractivity (Wildman–Crippen MR) is 133 cm³/mol. The number of hydrogen-bond acceptors (Lipinski definition) is 4. The van der Waals surface area contributed by atoms with Crippen LogP contribution in [-0.4, -0.2) is 50.9 Å². The number of halogens is 4. The number of anilines is 2. The van der Waals surface area contributed by atoms with Crippen molar-refractivity contribution in [1.82, 2.24) is 9.47 Å². The Morgan fingerprint density at radius 1 is 1.19 bits per heavy atom. The third kappa shape index (κ3) is 3.32. The number of rotatable bonds is 3. The van der Waals surface area contributed by atoms with Crippen LogP contribution in [0.2, 0.25) is 10.0 Å². The Balaban J connectivity index is 1.49. The van der Waals surface area contributed by atoms with Crippen molar-refractivity contribution in [3.8, 4) is 0 Å². The first-order valence-electron chi connectivity index (χ1n) is 11.5. The summed E-state index contributed by atoms with van der Waals surface area (Å²) in [6.07, 6.45) is 1.08. The summed E-state index contributed by atoms with van der Waals surface area (Å²) in [7, 11) is 1.83. The topological polar surface area (TPSA) is 104 Å². The molecule has 8 nitrogen and oxygen atoms in total. The number of aromatic nitrogens is 1. The second-order valence-corrected chi connectivity index (χ2v) is 10.7. The molecule has 0 saturated carbocycles. The summed E-state index contributed by atoms with van der Waals surface area (Å²) < 4.78 is 31.5. The van der Waals surface area contributed by atoms with Gasteiger partial charge < -0.3 is 20.3 Å². The Bertz CT molecular complexity index is 1530. The van der Waals surface area contributed by atoms with E-state index < -0.39 is 60.1 Å². The number of carboxylic acid groups (broad SMARTS) is 1. The van der Waals surface area contributed by atoms with Gasteiger partial charge in [0.05, 0.1) is 23.2 Å². The van der Waals surface area contributed by atoms with E-state index >= 15 is 0 Å². The van der Waals surface area contributed by atoms with Gasteiger partial charge in [-0.3, -0.25) is 19.3 Å². The quantitative estimate of drug-likeness (QED) is 0.452. The van der Waals surface area contributed by atoms with Gasteiger partial charge in [0, 0.05) is 47.5 Å². The number of alkyl halides is 2. The van der Waals surface area contributed by atoms with Crippen LogP contribution in [0.4, 0.5) is 20.2 Å². The zero-order chi connectivity index (χ0) is 26.4. The van der Waals surface area contributed by atoms with Crippen molar-refractivity contribution in [2.24, 2.45) is 18.9 Å². The Morgan fingerprint density at radius 2 is 1.95 bits per heavy atom. The zero-order valence-corrected chi connectivity index (χ0v) is 20.8. The van der Waals surface area contributed by atoms with E-state index in [1.807, 2.05) is 23.9 Å². The number of aliphatic carboxylic acids is 1. The summed E-state index contributed by atoms with van der Waals surface area (Å²) in [4.78, 5) is 41.2. The molecule has 0 aliphatic carbocycles. The number of hydrogen-bond donors (Lipinski definition) is 3. The van der Waals surface area contributed by atoms with Crippen LogP contribution in [0.25, 0.3) is 10.9 Å². The van der Waals surface area contributed by atoms with E-state index in [2.05, 4.69) is 10.6 Å². The van der Waals surface area contributed by atoms with Gasteiger partial charge in [-0.15, -0.1) is 0 Å². The van der Waals surface area contributed by atoms with Crippen molar-refractivity contribution in [3.63, 3.8) is 0 Å². The molecule has 4 atom stereocenters. The maximum atomic E-state index is 14.8. The average Bonchev–Trinajstić information content (AvgIpc) is 3.49. The molecule has 2 fully saturated rings. The Kier molecular flexibility index (Phi) is 5.15. The van der Waals surface area contributed by atoms with Gasteiger partial charge in [-0.2, -0.15) is 0 Å². The van der Waals surface area contributed by atoms with E-state index in [4.69, 9.17) is 23.2 Å². The van der Waals surface area contributed by atoms with Crippen LogP contribution < -0.4 is 10.6 Å². The summed E-state index contributed by atoms with van der Waals surface area (Å²) in [6.45, 7) is -0.891. The molecule has 3 aromatic rings. The lowest BCUT2D eigenvalue weighted by Gasteiger charge is -2.35. The van der Waals surface area contributed by atoms with E-state index in [1.54, 1.807) is 18.2 Å². The zero-order valence-electron chi connectivity index (χ0n) is 19.3. The second kappa shape index (κ2) is 7.89. The molecule has 12 heteroatoms. The second-order valence-electron chi connectivity index (χ2n) is 9.82. The van der Waals surface area contributed by atoms with Gasteiger partial charge in [-0.25, -0.2) is 8.78 Å². The molecule has 0 bridgehead atoms. The number of benzene rings is 2. The molecule has 3 N–H and O–H groups in total. The SMILES string of the molecule is Cn1ccc2ccc(NC(=O)[C@H]3[C@H]4CC(F)(F)CN4[C@]4(C(=O)Nc5c(Cl)cc(Cl)cc54)[C@H]3C(=O)O)cc21. The van der Waals surface area contributed by atoms with Crippen LogP contribution in [-0.2, 0) is 27.0 Å². The van der Waals surface area contributed by atoms with E-state index in [0.717, 1.165) is 15.8 Å². The van der Waals surface area contributed by atoms with E-state index in [9.17, 15) is 28.3 Å². The van der Waals surface area contributed by atoms with Gasteiger partial charge in [0.25, 0.3) is 11.8 Å². The first-order chi connectivity index (χ1) is 17.4. The van der Waals surface area contributed by atoms with Crippen LogP contribution in [0.5, 0.6) is 0 Å². The van der Waals surface area contributed by atoms with Gasteiger partial charge in [0.2, 0.25) is 5.91 Å². The molecule has 37 heavy (non-hydrogen) atoms. The maximum Gasteiger partial charge on any atom is 0.310 e. The molecule has 2 saturated heterocycles. The molecule has 192 valence electrons. The fourth-order valence-corrected chi connectivity index (χ4v) is 6.91. The Labute approximate surface area is 219 Å². The number of amides is 2. The van der Waals surface area contributed by atoms with Crippen LogP contribution in [0.3, 0.4) is 0 Å². The summed E-state index contributed by atoms with van der Waals surface area (Å²) >= 11 is 12.5. The minimum absolute atomic E-state index is 0.0446. The van der Waals surface area contributed by atoms with Gasteiger partial charge in [0.1, 0.15) is 11.5 Å². The lowest BCUT2D eigenvalue weighted by molar-refractivity contribution is -0.153. The summed E-state index contributed by atoms with van der Waals surface area (Å²) in [5, 5.41) is 16.8. The molecule has 2 aromatic carbocycles. The van der Waals surface area contributed by atoms with Gasteiger partial charge >= 0.3 is 5.97 Å². The predicted octanol–water partition coefficient (Wildman–Crippen LogP) is 4.31. The summed E-state index contributed by atoms with van der Waals surface area (Å²) in [6, 6.07) is 8.55. The number of carbonyl (C=O) groups excluding carboxylic acids is 2. The number of carboxylic acids is 1. The standard InChI is InChI=1S/C25H20Cl2F2N4O4/c1-32-5-4-11-2-3-13(8-16(11)32)30-21(34)18-17-9-24(28,29)10-33(17)25(19(18)22(35)36)14-6-12(26)7-15(27)20(14)31-23(25)37/h2-8,17-19H,9-10H2,1H3,(H,30,34)(H,31,37)(H,35,36)/t17-,18+,19-,25+/m1/s1. The summed E-state index contributed by atoms with van der Waals surface area (Å²) in [5.41, 5.74) is -0.720. The van der Waals surface area contributed by atoms with E-state index in [1.165, 1.54) is 12.1 Å². The van der Waals surface area contributed by atoms with Crippen molar-refractivity contribution in [2.45, 2.75) is 23.9 Å². The normalized spacial score (nSPS) is 27.9. The minimum Gasteiger partial charge on any atom is -0.481 e. The van der Waals surface area contributed by atoms with Gasteiger partial charge in [-0.05, 0) is 35.7 Å². The number of nitrogens with zero attached hydrogens (tertiary/aromatic N) is 2. The highest BCUT2D eigenvalue weighted by Gasteiger charge is 2.74. The lowest BCUT2D eigenvalue weighted by atomic mass is 9.73. The first-order valence-corrected chi connectivity index (χ1v) is 12.2. The van der Waals surface area contributed by atoms with E-state index in [0.29, 0.717) is 5.69 Å². The molecule has 0 unspecified atom stereocenters. The van der Waals surface area contributed by atoms with Crippen molar-refractivity contribution in [2.75, 3.05) is 17.2 Å². The third-order valence-corrected chi connectivity index (χ3v) is 8.28. The van der Waals surface area contributed by atoms with E-state index in [-0.39, 0.29) is 21.3 Å². The number of nitrogens with one attached hydrogen (secondary N) is 2. The smallest absolute Gasteiger partial charge is 0.310 e. The van der Waals surface area contributed by atoms with Gasteiger partial charge in [-0.1, -0.05) is 29.3 Å². The monoisotopic (exact) mass is 548 g/mol. The number of carbonyl (C=O) groups is 3. The lowest BCUT2D eigenvalue weighted by Crippen LogP contribution is -2.54. The largest absolute Gasteiger partial charge is 0.481 e. The number of aryl methyl sites for hydroxylation is 1. The molecule has 2 amide bonds. The molecule has 6 rings (SSSR count). The van der Waals surface area contributed by atoms with Crippen LogP contribution in [0.1, 0.15) is 12.0 Å². The van der Waals surface area contributed by atoms with Crippen molar-refractivity contribution < 1.29 is 28.3 Å². The number of fused-ring (bicyclic) bond motifs is 5. The highest BCUT2D eigenvalue weighted by Crippen LogP contribution is 2.61. The third-order valence-electron chi connectivity index (χ3n) is 7.76. The Morgan fingerprint density at radius 3 is 2.68 bits per heavy atom. The average molecular weight is 549 g/mol. The molecular weight excluding hydrogens is 529 g/mol. The van der Waals surface area contributed by atoms with Gasteiger partial charge in [0.15, 0.2) is 0 Å². The van der Waals surface area contributed by atoms with Crippen molar-refractivity contribution >= 4 is 63.3 Å². The van der Waals surface area contributed by atoms with Crippen molar-refractivity contribution in [1.29, 1.82) is 0 Å². The minimum atomic E-state index is -3.24. The van der Waals surface area contributed by atoms with Crippen molar-refractivity contribution in [3.05, 3.63) is 58.2 Å². The highest BCUT2D eigenvalue weighted by atomic mass is 35.5. The van der Waals surface area contributed by atoms with Crippen LogP contribution in [0, 0.1) is 11.8 Å².